The van der Waals surface area contributed by atoms with Crippen molar-refractivity contribution in [3.63, 3.8) is 0 Å². The van der Waals surface area contributed by atoms with Crippen LogP contribution in [0.3, 0.4) is 0 Å². The lowest BCUT2D eigenvalue weighted by Crippen LogP contribution is -1.88. The molecule has 0 saturated carbocycles. The monoisotopic (exact) mass is 292 g/mol. The van der Waals surface area contributed by atoms with Crippen molar-refractivity contribution in [2.24, 2.45) is 0 Å². The summed E-state index contributed by atoms with van der Waals surface area (Å²) in [6.07, 6.45) is 3.38. The van der Waals surface area contributed by atoms with E-state index in [2.05, 4.69) is 84.9 Å². The Balaban J connectivity index is 1.76. The van der Waals surface area contributed by atoms with E-state index in [1.807, 2.05) is 0 Å². The quantitative estimate of drug-likeness (QED) is 0.372. The van der Waals surface area contributed by atoms with Gasteiger partial charge in [0, 0.05) is 0 Å². The molecule has 0 aliphatic heterocycles. The van der Waals surface area contributed by atoms with Crippen LogP contribution < -0.4 is 0 Å². The van der Waals surface area contributed by atoms with Crippen molar-refractivity contribution in [3.8, 4) is 0 Å². The highest BCUT2D eigenvalue weighted by molar-refractivity contribution is 6.11. The van der Waals surface area contributed by atoms with Gasteiger partial charge in [-0.1, -0.05) is 84.9 Å². The lowest BCUT2D eigenvalue weighted by Gasteiger charge is -2.10. The van der Waals surface area contributed by atoms with Crippen LogP contribution in [0.1, 0.15) is 16.7 Å². The minimum Gasteiger partial charge on any atom is -0.0619 e. The van der Waals surface area contributed by atoms with E-state index in [1.54, 1.807) is 0 Å². The maximum atomic E-state index is 2.35. The molecular formula is C23H16. The Hall–Kier alpha value is -2.86. The van der Waals surface area contributed by atoms with E-state index in [0.717, 1.165) is 6.42 Å². The van der Waals surface area contributed by atoms with Gasteiger partial charge in [-0.2, -0.15) is 0 Å². The number of hydrogen-bond donors (Lipinski definition) is 0. The fourth-order valence-electron chi connectivity index (χ4n) is 3.77. The van der Waals surface area contributed by atoms with Gasteiger partial charge >= 0.3 is 0 Å². The predicted molar refractivity (Wildman–Crippen MR) is 99.5 cm³/mol. The van der Waals surface area contributed by atoms with Crippen molar-refractivity contribution in [2.75, 3.05) is 0 Å². The lowest BCUT2D eigenvalue weighted by atomic mass is 9.94. The molecule has 1 aliphatic carbocycles. The molecule has 0 unspecified atom stereocenters. The van der Waals surface area contributed by atoms with Crippen molar-refractivity contribution in [1.29, 1.82) is 0 Å². The van der Waals surface area contributed by atoms with Gasteiger partial charge in [0.15, 0.2) is 0 Å². The third-order valence-corrected chi connectivity index (χ3v) is 4.90. The molecular weight excluding hydrogens is 276 g/mol. The Kier molecular flexibility index (Phi) is 2.65. The molecule has 0 heteroatoms. The second-order valence-corrected chi connectivity index (χ2v) is 6.23. The van der Waals surface area contributed by atoms with Gasteiger partial charge in [-0.3, -0.25) is 0 Å². The Morgan fingerprint density at radius 2 is 1.39 bits per heavy atom. The van der Waals surface area contributed by atoms with Crippen LogP contribution in [0.2, 0.25) is 0 Å². The maximum absolute atomic E-state index is 2.35. The van der Waals surface area contributed by atoms with Crippen LogP contribution in [0, 0.1) is 0 Å². The fraction of sp³-hybridized carbons (Fsp3) is 0.0435. The summed E-state index contributed by atoms with van der Waals surface area (Å²) in [5.41, 5.74) is 5.58. The number of benzene rings is 4. The minimum atomic E-state index is 1.03. The topological polar surface area (TPSA) is 0 Å². The van der Waals surface area contributed by atoms with Gasteiger partial charge in [0.05, 0.1) is 0 Å². The summed E-state index contributed by atoms with van der Waals surface area (Å²) in [5.74, 6) is 0. The van der Waals surface area contributed by atoms with Crippen LogP contribution in [-0.4, -0.2) is 0 Å². The zero-order chi connectivity index (χ0) is 15.2. The molecule has 0 saturated heterocycles. The van der Waals surface area contributed by atoms with Crippen LogP contribution in [0.5, 0.6) is 0 Å². The molecule has 0 fully saturated rings. The Bertz CT molecular complexity index is 1080. The molecule has 0 N–H and O–H groups in total. The second kappa shape index (κ2) is 4.82. The third kappa shape index (κ3) is 1.92. The molecule has 5 rings (SSSR count). The highest BCUT2D eigenvalue weighted by Gasteiger charge is 2.15. The summed E-state index contributed by atoms with van der Waals surface area (Å²) in [5, 5.41) is 5.34. The summed E-state index contributed by atoms with van der Waals surface area (Å²) in [7, 11) is 0. The fourth-order valence-corrected chi connectivity index (χ4v) is 3.77. The first-order valence-electron chi connectivity index (χ1n) is 8.09. The van der Waals surface area contributed by atoms with Gasteiger partial charge in [0.2, 0.25) is 0 Å². The number of rotatable bonds is 1. The third-order valence-electron chi connectivity index (χ3n) is 4.90. The first-order valence-corrected chi connectivity index (χ1v) is 8.09. The summed E-state index contributed by atoms with van der Waals surface area (Å²) in [4.78, 5) is 0. The summed E-state index contributed by atoms with van der Waals surface area (Å²) >= 11 is 0. The largest absolute Gasteiger partial charge is 0.0619 e. The van der Waals surface area contributed by atoms with E-state index >= 15 is 0 Å². The van der Waals surface area contributed by atoms with Gasteiger partial charge < -0.3 is 0 Å². The molecule has 23 heavy (non-hydrogen) atoms. The molecule has 0 heterocycles. The number of allylic oxidation sites excluding steroid dienone is 1. The van der Waals surface area contributed by atoms with E-state index in [4.69, 9.17) is 0 Å². The van der Waals surface area contributed by atoms with Crippen molar-refractivity contribution in [1.82, 2.24) is 0 Å². The van der Waals surface area contributed by atoms with Crippen LogP contribution in [0.4, 0.5) is 0 Å². The molecule has 108 valence electrons. The molecule has 0 atom stereocenters. The van der Waals surface area contributed by atoms with E-state index < -0.39 is 0 Å². The van der Waals surface area contributed by atoms with Gasteiger partial charge in [0.25, 0.3) is 0 Å². The highest BCUT2D eigenvalue weighted by Crippen LogP contribution is 2.36. The van der Waals surface area contributed by atoms with E-state index in [-0.39, 0.29) is 0 Å². The standard InChI is InChI=1S/C23H16/c1-2-8-18-15-19(14-17(18)7-1)21-10-5-11-22-20-9-4-3-6-16(20)12-13-23(21)22/h1-14H,15H2. The van der Waals surface area contributed by atoms with E-state index in [1.165, 1.54) is 43.8 Å². The van der Waals surface area contributed by atoms with Gasteiger partial charge in [0.1, 0.15) is 0 Å². The predicted octanol–water partition coefficient (Wildman–Crippen LogP) is 6.09. The van der Waals surface area contributed by atoms with E-state index in [0.29, 0.717) is 0 Å². The summed E-state index contributed by atoms with van der Waals surface area (Å²) < 4.78 is 0. The average molecular weight is 292 g/mol. The SMILES string of the molecule is C1=C(c2cccc3c2ccc2ccccc23)Cc2ccccc21. The molecule has 4 aromatic rings. The van der Waals surface area contributed by atoms with Crippen LogP contribution in [0.25, 0.3) is 33.2 Å². The average Bonchev–Trinajstić information content (AvgIpc) is 3.05. The van der Waals surface area contributed by atoms with Crippen molar-refractivity contribution >= 4 is 33.2 Å². The molecule has 0 aromatic heterocycles. The Morgan fingerprint density at radius 3 is 2.35 bits per heavy atom. The molecule has 0 bridgehead atoms. The smallest absolute Gasteiger partial charge is 0.00135 e. The first-order chi connectivity index (χ1) is 11.4. The lowest BCUT2D eigenvalue weighted by molar-refractivity contribution is 1.32. The maximum Gasteiger partial charge on any atom is -0.00135 e. The Labute approximate surface area is 135 Å². The summed E-state index contributed by atoms with van der Waals surface area (Å²) in [6.45, 7) is 0. The number of fused-ring (bicyclic) bond motifs is 4. The highest BCUT2D eigenvalue weighted by atomic mass is 14.2. The number of hydrogen-bond acceptors (Lipinski definition) is 0. The zero-order valence-electron chi connectivity index (χ0n) is 12.8. The normalized spacial score (nSPS) is 13.3. The molecule has 0 nitrogen and oxygen atoms in total. The molecule has 4 aromatic carbocycles. The first kappa shape index (κ1) is 12.7. The Morgan fingerprint density at radius 1 is 0.565 bits per heavy atom. The van der Waals surface area contributed by atoms with Crippen LogP contribution in [0.15, 0.2) is 78.9 Å². The molecule has 1 aliphatic rings. The molecule has 0 spiro atoms. The van der Waals surface area contributed by atoms with Crippen molar-refractivity contribution in [3.05, 3.63) is 95.6 Å². The zero-order valence-corrected chi connectivity index (χ0v) is 12.8. The van der Waals surface area contributed by atoms with Gasteiger partial charge in [-0.25, -0.2) is 0 Å². The van der Waals surface area contributed by atoms with Crippen LogP contribution in [-0.2, 0) is 6.42 Å². The van der Waals surface area contributed by atoms with Crippen molar-refractivity contribution in [2.45, 2.75) is 6.42 Å². The minimum absolute atomic E-state index is 1.03. The van der Waals surface area contributed by atoms with E-state index in [9.17, 15) is 0 Å². The molecule has 0 radical (unpaired) electrons. The van der Waals surface area contributed by atoms with Gasteiger partial charge in [-0.05, 0) is 50.2 Å². The summed E-state index contributed by atoms with van der Waals surface area (Å²) in [6, 6.07) is 28.5. The van der Waals surface area contributed by atoms with Gasteiger partial charge in [-0.15, -0.1) is 0 Å². The molecule has 0 amide bonds. The van der Waals surface area contributed by atoms with Crippen molar-refractivity contribution < 1.29 is 0 Å². The second-order valence-electron chi connectivity index (χ2n) is 6.23. The van der Waals surface area contributed by atoms with Crippen LogP contribution >= 0.6 is 0 Å².